The molecular weight excluding hydrogens is 326 g/mol. The van der Waals surface area contributed by atoms with E-state index in [1.165, 1.54) is 0 Å². The van der Waals surface area contributed by atoms with Crippen LogP contribution in [-0.4, -0.2) is 37.7 Å². The average Bonchev–Trinajstić information content (AvgIpc) is 2.51. The van der Waals surface area contributed by atoms with E-state index in [1.54, 1.807) is 0 Å². The zero-order valence-electron chi connectivity index (χ0n) is 14.7. The van der Waals surface area contributed by atoms with E-state index in [4.69, 9.17) is 18.1 Å². The molecule has 2 aliphatic rings. The fraction of sp³-hybridized carbons (Fsp3) is 1.00. The summed E-state index contributed by atoms with van der Waals surface area (Å²) in [5.41, 5.74) is -0.0133. The predicted molar refractivity (Wildman–Crippen MR) is 89.9 cm³/mol. The molecule has 2 rings (SSSR count). The van der Waals surface area contributed by atoms with E-state index in [1.807, 2.05) is 41.5 Å². The number of rotatable bonds is 2. The Kier molecular flexibility index (Phi) is 11.1. The van der Waals surface area contributed by atoms with Crippen molar-refractivity contribution in [3.63, 3.8) is 0 Å². The van der Waals surface area contributed by atoms with Gasteiger partial charge in [-0.1, -0.05) is 41.5 Å². The van der Waals surface area contributed by atoms with Crippen LogP contribution in [0.25, 0.3) is 0 Å². The van der Waals surface area contributed by atoms with Crippen molar-refractivity contribution in [3.8, 4) is 0 Å². The van der Waals surface area contributed by atoms with Crippen molar-refractivity contribution in [3.05, 3.63) is 0 Å². The van der Waals surface area contributed by atoms with Gasteiger partial charge in [-0.25, -0.2) is 0 Å². The highest BCUT2D eigenvalue weighted by atomic mass is 31.2. The van der Waals surface area contributed by atoms with Gasteiger partial charge in [-0.05, 0) is 12.8 Å². The summed E-state index contributed by atoms with van der Waals surface area (Å²) in [6.07, 6.45) is 1.72. The van der Waals surface area contributed by atoms with Crippen LogP contribution in [0.5, 0.6) is 0 Å². The number of hydrogen-bond donors (Lipinski definition) is 0. The molecule has 0 aliphatic carbocycles. The molecule has 2 saturated heterocycles. The van der Waals surface area contributed by atoms with Crippen molar-refractivity contribution >= 4 is 15.2 Å². The van der Waals surface area contributed by atoms with Crippen LogP contribution < -0.4 is 0 Å². The Hall–Kier alpha value is 0.300. The molecular formula is C14H32O6P2. The van der Waals surface area contributed by atoms with Crippen LogP contribution in [0.3, 0.4) is 0 Å². The summed E-state index contributed by atoms with van der Waals surface area (Å²) in [7, 11) is -5.37. The van der Waals surface area contributed by atoms with Gasteiger partial charge in [-0.15, -0.1) is 0 Å². The Morgan fingerprint density at radius 2 is 0.864 bits per heavy atom. The predicted octanol–water partition coefficient (Wildman–Crippen LogP) is 5.08. The van der Waals surface area contributed by atoms with Gasteiger partial charge in [0, 0.05) is 0 Å². The van der Waals surface area contributed by atoms with Gasteiger partial charge in [-0.2, -0.15) is 0 Å². The van der Waals surface area contributed by atoms with Crippen LogP contribution in [0.2, 0.25) is 0 Å². The monoisotopic (exact) mass is 358 g/mol. The average molecular weight is 358 g/mol. The van der Waals surface area contributed by atoms with Gasteiger partial charge in [0.05, 0.1) is 37.7 Å². The Balaban J connectivity index is 0.000000360. The largest absolute Gasteiger partial charge is 0.333 e. The molecule has 0 amide bonds. The van der Waals surface area contributed by atoms with Gasteiger partial charge in [0.15, 0.2) is 0 Å². The standard InChI is InChI=1S/2C6H13O3P.C2H6/c2*1-6(2)10(7)8-4-3-5-9-10;1-2/h2*6H,3-5H2,1-2H3;1-2H3. The molecule has 0 radical (unpaired) electrons. The van der Waals surface area contributed by atoms with E-state index in [9.17, 15) is 9.13 Å². The third-order valence-electron chi connectivity index (χ3n) is 2.93. The normalized spacial score (nSPS) is 23.1. The first kappa shape index (κ1) is 22.3. The molecule has 0 saturated carbocycles. The van der Waals surface area contributed by atoms with Gasteiger partial charge in [0.25, 0.3) is 0 Å². The van der Waals surface area contributed by atoms with Crippen LogP contribution in [0.4, 0.5) is 0 Å². The van der Waals surface area contributed by atoms with Crippen LogP contribution in [0.1, 0.15) is 54.4 Å². The van der Waals surface area contributed by atoms with Gasteiger partial charge in [0.1, 0.15) is 0 Å². The molecule has 0 aromatic rings. The maximum atomic E-state index is 11.5. The lowest BCUT2D eigenvalue weighted by atomic mass is 10.5. The second-order valence-corrected chi connectivity index (χ2v) is 10.6. The minimum absolute atomic E-state index is 0.00667. The lowest BCUT2D eigenvalue weighted by Crippen LogP contribution is -2.13. The summed E-state index contributed by atoms with van der Waals surface area (Å²) in [6.45, 7) is 13.7. The van der Waals surface area contributed by atoms with Crippen molar-refractivity contribution < 1.29 is 27.2 Å². The smallest absolute Gasteiger partial charge is 0.308 e. The van der Waals surface area contributed by atoms with E-state index >= 15 is 0 Å². The van der Waals surface area contributed by atoms with E-state index in [0.29, 0.717) is 26.4 Å². The first-order valence-corrected chi connectivity index (χ1v) is 11.3. The third kappa shape index (κ3) is 7.25. The Labute approximate surface area is 135 Å². The Morgan fingerprint density at radius 3 is 1.00 bits per heavy atom. The molecule has 0 unspecified atom stereocenters. The molecule has 6 nitrogen and oxygen atoms in total. The van der Waals surface area contributed by atoms with E-state index in [0.717, 1.165) is 12.8 Å². The molecule has 2 aliphatic heterocycles. The molecule has 2 fully saturated rings. The van der Waals surface area contributed by atoms with Crippen molar-refractivity contribution in [1.82, 2.24) is 0 Å². The summed E-state index contributed by atoms with van der Waals surface area (Å²) in [5.74, 6) is 0. The number of hydrogen-bond acceptors (Lipinski definition) is 6. The molecule has 22 heavy (non-hydrogen) atoms. The van der Waals surface area contributed by atoms with Crippen molar-refractivity contribution in [2.45, 2.75) is 65.7 Å². The molecule has 0 atom stereocenters. The Morgan fingerprint density at radius 1 is 0.636 bits per heavy atom. The van der Waals surface area contributed by atoms with Gasteiger partial charge < -0.3 is 18.1 Å². The summed E-state index contributed by atoms with van der Waals surface area (Å²) >= 11 is 0. The SMILES string of the molecule is CC.CC(C)P1(=O)OCCCO1.CC(C)P1(=O)OCCCO1. The van der Waals surface area contributed by atoms with E-state index < -0.39 is 15.2 Å². The summed E-state index contributed by atoms with van der Waals surface area (Å²) in [6, 6.07) is 0. The van der Waals surface area contributed by atoms with Gasteiger partial charge >= 0.3 is 15.2 Å². The van der Waals surface area contributed by atoms with Crippen LogP contribution in [0.15, 0.2) is 0 Å². The van der Waals surface area contributed by atoms with Crippen LogP contribution in [0, 0.1) is 0 Å². The quantitative estimate of drug-likeness (QED) is 0.641. The molecule has 0 spiro atoms. The maximum Gasteiger partial charge on any atom is 0.333 e. The molecule has 0 aromatic heterocycles. The summed E-state index contributed by atoms with van der Waals surface area (Å²) in [4.78, 5) is 0. The van der Waals surface area contributed by atoms with E-state index in [2.05, 4.69) is 0 Å². The lowest BCUT2D eigenvalue weighted by Gasteiger charge is -2.25. The highest BCUT2D eigenvalue weighted by molar-refractivity contribution is 7.54. The van der Waals surface area contributed by atoms with Crippen LogP contribution in [-0.2, 0) is 27.2 Å². The molecule has 134 valence electrons. The first-order valence-electron chi connectivity index (χ1n) is 8.08. The first-order chi connectivity index (χ1) is 10.3. The Bertz CT molecular complexity index is 328. The van der Waals surface area contributed by atoms with Crippen molar-refractivity contribution in [2.24, 2.45) is 0 Å². The van der Waals surface area contributed by atoms with Crippen LogP contribution >= 0.6 is 15.2 Å². The fourth-order valence-electron chi connectivity index (χ4n) is 1.56. The zero-order valence-corrected chi connectivity index (χ0v) is 16.5. The molecule has 2 heterocycles. The third-order valence-corrected chi connectivity index (χ3v) is 7.63. The van der Waals surface area contributed by atoms with Gasteiger partial charge in [-0.3, -0.25) is 9.13 Å². The molecule has 0 bridgehead atoms. The molecule has 8 heteroatoms. The maximum absolute atomic E-state index is 11.5. The summed E-state index contributed by atoms with van der Waals surface area (Å²) < 4.78 is 43.2. The van der Waals surface area contributed by atoms with Crippen molar-refractivity contribution in [1.29, 1.82) is 0 Å². The minimum Gasteiger partial charge on any atom is -0.308 e. The second-order valence-electron chi connectivity index (χ2n) is 5.31. The highest BCUT2D eigenvalue weighted by Crippen LogP contribution is 2.55. The fourth-order valence-corrected chi connectivity index (χ4v) is 4.43. The minimum atomic E-state index is -2.69. The lowest BCUT2D eigenvalue weighted by molar-refractivity contribution is 0.141. The zero-order chi connectivity index (χ0) is 17.2. The topological polar surface area (TPSA) is 71.1 Å². The highest BCUT2D eigenvalue weighted by Gasteiger charge is 2.32. The molecule has 0 N–H and O–H groups in total. The molecule has 0 aromatic carbocycles. The van der Waals surface area contributed by atoms with Gasteiger partial charge in [0.2, 0.25) is 0 Å². The summed E-state index contributed by atoms with van der Waals surface area (Å²) in [5, 5.41) is 0. The second kappa shape index (κ2) is 11.0. The van der Waals surface area contributed by atoms with E-state index in [-0.39, 0.29) is 11.3 Å². The van der Waals surface area contributed by atoms with Crippen molar-refractivity contribution in [2.75, 3.05) is 26.4 Å².